The largest absolute Gasteiger partial charge is 0.478 e. The van der Waals surface area contributed by atoms with Crippen molar-refractivity contribution in [2.45, 2.75) is 3.79 Å². The number of hydrogen-bond donors (Lipinski definition) is 1. The van der Waals surface area contributed by atoms with Gasteiger partial charge in [-0.05, 0) is 12.1 Å². The van der Waals surface area contributed by atoms with Gasteiger partial charge in [-0.2, -0.15) is 0 Å². The van der Waals surface area contributed by atoms with E-state index in [4.69, 9.17) is 39.9 Å². The van der Waals surface area contributed by atoms with Crippen LogP contribution >= 0.6 is 34.8 Å². The van der Waals surface area contributed by atoms with E-state index in [2.05, 4.69) is 0 Å². The molecule has 0 atom stereocenters. The van der Waals surface area contributed by atoms with Crippen molar-refractivity contribution >= 4 is 40.8 Å². The Morgan fingerprint density at radius 3 is 2.38 bits per heavy atom. The fourth-order valence-electron chi connectivity index (χ4n) is 0.829. The lowest BCUT2D eigenvalue weighted by atomic mass is 10.1. The summed E-state index contributed by atoms with van der Waals surface area (Å²) in [5, 5.41) is 8.65. The molecule has 0 saturated carbocycles. The first-order valence-corrected chi connectivity index (χ1v) is 4.45. The Morgan fingerprint density at radius 2 is 1.92 bits per heavy atom. The average molecular weight is 239 g/mol. The summed E-state index contributed by atoms with van der Waals surface area (Å²) in [6.07, 6.45) is 0. The number of carboxylic acids is 1. The standard InChI is InChI=1S/C8H5Cl3O2/c9-8(10,11)6-3-1-2-5(4-6)7(12)13/h1-4H,(H,12,13). The molecule has 0 aliphatic rings. The molecule has 0 radical (unpaired) electrons. The number of carbonyl (C=O) groups is 1. The molecule has 0 bridgehead atoms. The van der Waals surface area contributed by atoms with Crippen molar-refractivity contribution in [3.05, 3.63) is 35.4 Å². The molecular formula is C8H5Cl3O2. The summed E-state index contributed by atoms with van der Waals surface area (Å²) in [5.41, 5.74) is 0.446. The topological polar surface area (TPSA) is 37.3 Å². The third kappa shape index (κ3) is 2.76. The molecule has 1 rings (SSSR count). The number of carboxylic acid groups (broad SMARTS) is 1. The van der Waals surface area contributed by atoms with E-state index >= 15 is 0 Å². The summed E-state index contributed by atoms with van der Waals surface area (Å²) in [7, 11) is 0. The highest BCUT2D eigenvalue weighted by atomic mass is 35.6. The van der Waals surface area contributed by atoms with Crippen LogP contribution in [-0.2, 0) is 3.79 Å². The van der Waals surface area contributed by atoms with Crippen molar-refractivity contribution in [3.63, 3.8) is 0 Å². The van der Waals surface area contributed by atoms with E-state index in [-0.39, 0.29) is 5.56 Å². The molecule has 1 aromatic carbocycles. The Kier molecular flexibility index (Phi) is 3.06. The molecule has 0 unspecified atom stereocenters. The third-order valence-electron chi connectivity index (χ3n) is 1.44. The lowest BCUT2D eigenvalue weighted by Gasteiger charge is -2.10. The van der Waals surface area contributed by atoms with Crippen LogP contribution in [-0.4, -0.2) is 11.1 Å². The quantitative estimate of drug-likeness (QED) is 0.764. The number of aromatic carboxylic acids is 1. The Balaban J connectivity index is 3.13. The predicted molar refractivity (Wildman–Crippen MR) is 52.6 cm³/mol. The summed E-state index contributed by atoms with van der Waals surface area (Å²) in [4.78, 5) is 10.6. The van der Waals surface area contributed by atoms with Gasteiger partial charge in [0.15, 0.2) is 0 Å². The predicted octanol–water partition coefficient (Wildman–Crippen LogP) is 3.21. The van der Waals surface area contributed by atoms with E-state index in [1.807, 2.05) is 0 Å². The van der Waals surface area contributed by atoms with E-state index < -0.39 is 9.76 Å². The molecule has 1 N–H and O–H groups in total. The maximum Gasteiger partial charge on any atom is 0.335 e. The number of rotatable bonds is 1. The van der Waals surface area contributed by atoms with Gasteiger partial charge in [0.2, 0.25) is 3.79 Å². The average Bonchev–Trinajstić information content (AvgIpc) is 2.03. The molecule has 5 heteroatoms. The lowest BCUT2D eigenvalue weighted by Crippen LogP contribution is -2.03. The monoisotopic (exact) mass is 238 g/mol. The molecule has 0 aliphatic carbocycles. The Hall–Kier alpha value is -0.440. The molecule has 0 aromatic heterocycles. The minimum absolute atomic E-state index is 0.101. The van der Waals surface area contributed by atoms with Gasteiger partial charge >= 0.3 is 5.97 Å². The van der Waals surface area contributed by atoms with Crippen LogP contribution in [0.4, 0.5) is 0 Å². The van der Waals surface area contributed by atoms with Gasteiger partial charge in [0.1, 0.15) is 0 Å². The molecule has 1 aromatic rings. The molecular weight excluding hydrogens is 234 g/mol. The van der Waals surface area contributed by atoms with Gasteiger partial charge in [-0.1, -0.05) is 46.9 Å². The molecule has 0 saturated heterocycles. The van der Waals surface area contributed by atoms with Crippen LogP contribution < -0.4 is 0 Å². The molecule has 0 spiro atoms. The van der Waals surface area contributed by atoms with Crippen molar-refractivity contribution in [2.75, 3.05) is 0 Å². The van der Waals surface area contributed by atoms with Crippen molar-refractivity contribution < 1.29 is 9.90 Å². The second-order valence-electron chi connectivity index (χ2n) is 2.38. The molecule has 2 nitrogen and oxygen atoms in total. The van der Waals surface area contributed by atoms with Gasteiger partial charge in [-0.3, -0.25) is 0 Å². The van der Waals surface area contributed by atoms with E-state index in [1.165, 1.54) is 18.2 Å². The molecule has 0 amide bonds. The molecule has 70 valence electrons. The first-order valence-electron chi connectivity index (χ1n) is 3.32. The highest BCUT2D eigenvalue weighted by Gasteiger charge is 2.23. The van der Waals surface area contributed by atoms with Gasteiger partial charge in [0.05, 0.1) is 5.56 Å². The summed E-state index contributed by atoms with van der Waals surface area (Å²) in [6, 6.07) is 5.84. The summed E-state index contributed by atoms with van der Waals surface area (Å²) in [5.74, 6) is -1.05. The van der Waals surface area contributed by atoms with Gasteiger partial charge < -0.3 is 5.11 Å². The van der Waals surface area contributed by atoms with Crippen molar-refractivity contribution in [1.82, 2.24) is 0 Å². The lowest BCUT2D eigenvalue weighted by molar-refractivity contribution is 0.0697. The Bertz CT molecular complexity index is 330. The van der Waals surface area contributed by atoms with Gasteiger partial charge in [-0.25, -0.2) is 4.79 Å². The first kappa shape index (κ1) is 10.6. The SMILES string of the molecule is O=C(O)c1cccc(C(Cl)(Cl)Cl)c1. The second-order valence-corrected chi connectivity index (χ2v) is 4.66. The zero-order chi connectivity index (χ0) is 10.1. The summed E-state index contributed by atoms with van der Waals surface area (Å²) in [6.45, 7) is 0. The number of hydrogen-bond acceptors (Lipinski definition) is 1. The van der Waals surface area contributed by atoms with Crippen LogP contribution in [0.5, 0.6) is 0 Å². The van der Waals surface area contributed by atoms with Gasteiger partial charge in [0, 0.05) is 5.56 Å². The maximum atomic E-state index is 10.6. The van der Waals surface area contributed by atoms with Crippen LogP contribution in [0.3, 0.4) is 0 Å². The molecule has 0 heterocycles. The van der Waals surface area contributed by atoms with E-state index in [1.54, 1.807) is 6.07 Å². The van der Waals surface area contributed by atoms with Gasteiger partial charge in [-0.15, -0.1) is 0 Å². The number of alkyl halides is 3. The van der Waals surface area contributed by atoms with E-state index in [9.17, 15) is 4.79 Å². The normalized spacial score (nSPS) is 11.3. The second kappa shape index (κ2) is 3.74. The fraction of sp³-hybridized carbons (Fsp3) is 0.125. The van der Waals surface area contributed by atoms with Gasteiger partial charge in [0.25, 0.3) is 0 Å². The first-order chi connectivity index (χ1) is 5.91. The number of halogens is 3. The van der Waals surface area contributed by atoms with Crippen molar-refractivity contribution in [3.8, 4) is 0 Å². The third-order valence-corrected chi connectivity index (χ3v) is 2.09. The Labute approximate surface area is 90.0 Å². The van der Waals surface area contributed by atoms with Crippen molar-refractivity contribution in [2.24, 2.45) is 0 Å². The summed E-state index contributed by atoms with van der Waals surface area (Å²) >= 11 is 16.7. The number of benzene rings is 1. The summed E-state index contributed by atoms with van der Waals surface area (Å²) < 4.78 is -1.58. The minimum Gasteiger partial charge on any atom is -0.478 e. The van der Waals surface area contributed by atoms with E-state index in [0.29, 0.717) is 5.56 Å². The zero-order valence-electron chi connectivity index (χ0n) is 6.30. The van der Waals surface area contributed by atoms with Crippen LogP contribution in [0.25, 0.3) is 0 Å². The highest BCUT2D eigenvalue weighted by molar-refractivity contribution is 6.66. The highest BCUT2D eigenvalue weighted by Crippen LogP contribution is 2.38. The van der Waals surface area contributed by atoms with Crippen LogP contribution in [0, 0.1) is 0 Å². The zero-order valence-corrected chi connectivity index (χ0v) is 8.57. The fourth-order valence-corrected chi connectivity index (χ4v) is 1.18. The molecule has 0 fully saturated rings. The smallest absolute Gasteiger partial charge is 0.335 e. The Morgan fingerprint density at radius 1 is 1.31 bits per heavy atom. The molecule has 13 heavy (non-hydrogen) atoms. The van der Waals surface area contributed by atoms with Crippen molar-refractivity contribution in [1.29, 1.82) is 0 Å². The van der Waals surface area contributed by atoms with Crippen LogP contribution in [0.1, 0.15) is 15.9 Å². The van der Waals surface area contributed by atoms with Crippen LogP contribution in [0.2, 0.25) is 0 Å². The maximum absolute atomic E-state index is 10.6. The van der Waals surface area contributed by atoms with E-state index in [0.717, 1.165) is 0 Å². The minimum atomic E-state index is -1.58. The molecule has 0 aliphatic heterocycles. The van der Waals surface area contributed by atoms with Crippen LogP contribution in [0.15, 0.2) is 24.3 Å².